The van der Waals surface area contributed by atoms with Crippen molar-refractivity contribution in [2.24, 2.45) is 0 Å². The summed E-state index contributed by atoms with van der Waals surface area (Å²) in [6, 6.07) is 10.5. The summed E-state index contributed by atoms with van der Waals surface area (Å²) in [6.07, 6.45) is 0. The Morgan fingerprint density at radius 3 is 2.00 bits per heavy atom. The fourth-order valence-corrected chi connectivity index (χ4v) is 1.13. The third-order valence-electron chi connectivity index (χ3n) is 1.06. The van der Waals surface area contributed by atoms with Crippen LogP contribution in [0.5, 0.6) is 0 Å². The molecule has 0 spiro atoms. The molecule has 0 nitrogen and oxygen atoms in total. The molecule has 0 radical (unpaired) electrons. The third-order valence-corrected chi connectivity index (χ3v) is 1.97. The van der Waals surface area contributed by atoms with Gasteiger partial charge in [0.1, 0.15) is 0 Å². The first-order valence-corrected chi connectivity index (χ1v) is 4.16. The van der Waals surface area contributed by atoms with E-state index in [2.05, 4.69) is 30.9 Å². The molecular weight excluding hydrogens is 122 g/mol. The predicted molar refractivity (Wildman–Crippen MR) is 47.5 cm³/mol. The second-order valence-corrected chi connectivity index (χ2v) is 2.69. The zero-order valence-electron chi connectivity index (χ0n) is 4.89. The SMILES string of the molecule is CPc1ccccc1.[LiH]. The zero-order valence-corrected chi connectivity index (χ0v) is 5.89. The summed E-state index contributed by atoms with van der Waals surface area (Å²) in [5, 5.41) is 1.44. The summed E-state index contributed by atoms with van der Waals surface area (Å²) in [6.45, 7) is 2.19. The Kier molecular flexibility index (Phi) is 5.20. The first-order chi connectivity index (χ1) is 3.93. The van der Waals surface area contributed by atoms with Crippen molar-refractivity contribution in [1.29, 1.82) is 0 Å². The molecule has 2 heteroatoms. The number of hydrogen-bond donors (Lipinski definition) is 0. The van der Waals surface area contributed by atoms with Gasteiger partial charge in [0.05, 0.1) is 0 Å². The van der Waals surface area contributed by atoms with E-state index in [1.807, 2.05) is 6.07 Å². The van der Waals surface area contributed by atoms with Crippen LogP contribution in [0.1, 0.15) is 0 Å². The van der Waals surface area contributed by atoms with Gasteiger partial charge in [0.2, 0.25) is 0 Å². The Morgan fingerprint density at radius 1 is 1.11 bits per heavy atom. The molecule has 0 aromatic heterocycles. The fraction of sp³-hybridized carbons (Fsp3) is 0.143. The second kappa shape index (κ2) is 5.07. The molecule has 0 saturated carbocycles. The molecule has 1 rings (SSSR count). The molecule has 0 aliphatic rings. The van der Waals surface area contributed by atoms with Crippen molar-refractivity contribution >= 4 is 32.7 Å². The molecule has 1 aromatic carbocycles. The van der Waals surface area contributed by atoms with Crippen molar-refractivity contribution < 1.29 is 0 Å². The number of benzene rings is 1. The van der Waals surface area contributed by atoms with E-state index in [0.29, 0.717) is 0 Å². The number of rotatable bonds is 1. The maximum atomic E-state index is 2.19. The summed E-state index contributed by atoms with van der Waals surface area (Å²) in [7, 11) is 0.930. The van der Waals surface area contributed by atoms with Gasteiger partial charge in [-0.15, -0.1) is 0 Å². The van der Waals surface area contributed by atoms with Crippen LogP contribution in [-0.2, 0) is 0 Å². The van der Waals surface area contributed by atoms with Crippen LogP contribution in [0.3, 0.4) is 0 Å². The molecule has 0 aliphatic heterocycles. The van der Waals surface area contributed by atoms with Gasteiger partial charge < -0.3 is 0 Å². The van der Waals surface area contributed by atoms with Crippen molar-refractivity contribution in [2.75, 3.05) is 6.66 Å². The summed E-state index contributed by atoms with van der Waals surface area (Å²) in [5.74, 6) is 0. The van der Waals surface area contributed by atoms with E-state index in [1.165, 1.54) is 5.30 Å². The van der Waals surface area contributed by atoms with Crippen LogP contribution in [0, 0.1) is 0 Å². The Labute approximate surface area is 70.0 Å². The first-order valence-electron chi connectivity index (χ1n) is 2.66. The van der Waals surface area contributed by atoms with Crippen LogP contribution in [0.25, 0.3) is 0 Å². The minimum absolute atomic E-state index is 0. The summed E-state index contributed by atoms with van der Waals surface area (Å²) >= 11 is 0. The molecule has 1 atom stereocenters. The predicted octanol–water partition coefficient (Wildman–Crippen LogP) is 0.972. The van der Waals surface area contributed by atoms with E-state index in [-0.39, 0.29) is 18.9 Å². The average molecular weight is 132 g/mol. The van der Waals surface area contributed by atoms with Crippen molar-refractivity contribution in [3.05, 3.63) is 30.3 Å². The molecule has 44 valence electrons. The van der Waals surface area contributed by atoms with Crippen molar-refractivity contribution in [3.63, 3.8) is 0 Å². The van der Waals surface area contributed by atoms with Crippen LogP contribution in [0.2, 0.25) is 0 Å². The zero-order chi connectivity index (χ0) is 5.82. The Morgan fingerprint density at radius 2 is 1.67 bits per heavy atom. The minimum atomic E-state index is 0. The topological polar surface area (TPSA) is 0 Å². The molecule has 0 fully saturated rings. The van der Waals surface area contributed by atoms with E-state index >= 15 is 0 Å². The molecule has 0 N–H and O–H groups in total. The first kappa shape index (κ1) is 9.25. The van der Waals surface area contributed by atoms with E-state index in [0.717, 1.165) is 8.58 Å². The van der Waals surface area contributed by atoms with Gasteiger partial charge in [0.15, 0.2) is 0 Å². The van der Waals surface area contributed by atoms with E-state index in [9.17, 15) is 0 Å². The van der Waals surface area contributed by atoms with Crippen LogP contribution in [0.4, 0.5) is 0 Å². The third kappa shape index (κ3) is 3.07. The molecule has 1 aromatic rings. The van der Waals surface area contributed by atoms with Gasteiger partial charge in [-0.25, -0.2) is 0 Å². The van der Waals surface area contributed by atoms with Gasteiger partial charge in [0, 0.05) is 0 Å². The van der Waals surface area contributed by atoms with Gasteiger partial charge in [-0.3, -0.25) is 0 Å². The molecule has 0 heterocycles. The van der Waals surface area contributed by atoms with Crippen LogP contribution in [0.15, 0.2) is 30.3 Å². The molecule has 0 amide bonds. The monoisotopic (exact) mass is 132 g/mol. The Bertz CT molecular complexity index is 150. The molecule has 0 bridgehead atoms. The van der Waals surface area contributed by atoms with Gasteiger partial charge in [0.25, 0.3) is 0 Å². The summed E-state index contributed by atoms with van der Waals surface area (Å²) in [4.78, 5) is 0. The maximum absolute atomic E-state index is 2.19. The standard InChI is InChI=1S/C7H9P.Li.H/c1-8-7-5-3-2-4-6-7;;/h2-6,8H,1H3;;. The molecule has 0 aliphatic carbocycles. The Hall–Kier alpha value is 0.247. The van der Waals surface area contributed by atoms with Crippen LogP contribution < -0.4 is 5.30 Å². The van der Waals surface area contributed by atoms with Crippen molar-refractivity contribution in [3.8, 4) is 0 Å². The second-order valence-electron chi connectivity index (χ2n) is 1.62. The number of hydrogen-bond acceptors (Lipinski definition) is 0. The fourth-order valence-electron chi connectivity index (χ4n) is 0.605. The van der Waals surface area contributed by atoms with Gasteiger partial charge in [-0.1, -0.05) is 38.9 Å². The van der Waals surface area contributed by atoms with Crippen molar-refractivity contribution in [2.45, 2.75) is 0 Å². The van der Waals surface area contributed by atoms with Crippen LogP contribution in [-0.4, -0.2) is 25.5 Å². The summed E-state index contributed by atoms with van der Waals surface area (Å²) in [5.41, 5.74) is 0. The molecular formula is C7H10LiP. The van der Waals surface area contributed by atoms with E-state index in [4.69, 9.17) is 0 Å². The average Bonchev–Trinajstić information content (AvgIpc) is 1.90. The van der Waals surface area contributed by atoms with E-state index in [1.54, 1.807) is 0 Å². The normalized spacial score (nSPS) is 9.44. The Balaban J connectivity index is 0.000000640. The van der Waals surface area contributed by atoms with Gasteiger partial charge in [-0.2, -0.15) is 0 Å². The van der Waals surface area contributed by atoms with Gasteiger partial charge in [-0.05, 0) is 12.0 Å². The molecule has 9 heavy (non-hydrogen) atoms. The molecule has 1 unspecified atom stereocenters. The van der Waals surface area contributed by atoms with Gasteiger partial charge >= 0.3 is 18.9 Å². The van der Waals surface area contributed by atoms with E-state index < -0.39 is 0 Å². The quantitative estimate of drug-likeness (QED) is 0.394. The van der Waals surface area contributed by atoms with Crippen LogP contribution >= 0.6 is 8.58 Å². The molecule has 0 saturated heterocycles. The van der Waals surface area contributed by atoms with Crippen molar-refractivity contribution in [1.82, 2.24) is 0 Å². The summed E-state index contributed by atoms with van der Waals surface area (Å²) < 4.78 is 0.